The van der Waals surface area contributed by atoms with E-state index in [4.69, 9.17) is 4.99 Å². The van der Waals surface area contributed by atoms with Crippen LogP contribution in [0, 0.1) is 11.8 Å². The highest BCUT2D eigenvalue weighted by molar-refractivity contribution is 5.94. The number of fused-ring (bicyclic) bond motifs is 1. The van der Waals surface area contributed by atoms with Crippen LogP contribution in [-0.2, 0) is 13.5 Å². The van der Waals surface area contributed by atoms with Crippen molar-refractivity contribution >= 4 is 17.5 Å². The third-order valence-corrected chi connectivity index (χ3v) is 7.99. The Morgan fingerprint density at radius 3 is 2.82 bits per heavy atom. The molecule has 3 atom stereocenters. The predicted octanol–water partition coefficient (Wildman–Crippen LogP) is 4.55. The van der Waals surface area contributed by atoms with Gasteiger partial charge in [-0.15, -0.1) is 10.2 Å². The Hall–Kier alpha value is -3.16. The van der Waals surface area contributed by atoms with Crippen LogP contribution in [0.5, 0.6) is 0 Å². The average Bonchev–Trinajstić information content (AvgIpc) is 3.21. The predicted molar refractivity (Wildman–Crippen MR) is 134 cm³/mol. The molecule has 0 aromatic carbocycles. The minimum Gasteiger partial charge on any atom is -0.355 e. The van der Waals surface area contributed by atoms with Gasteiger partial charge in [-0.25, -0.2) is 4.99 Å². The third kappa shape index (κ3) is 3.51. The summed E-state index contributed by atoms with van der Waals surface area (Å²) in [5, 5.41) is 16.7. The summed E-state index contributed by atoms with van der Waals surface area (Å²) in [5.74, 6) is 4.26. The number of aliphatic imine (C=N–C) groups is 1. The summed E-state index contributed by atoms with van der Waals surface area (Å²) in [6.07, 6.45) is 8.07. The zero-order valence-corrected chi connectivity index (χ0v) is 20.7. The van der Waals surface area contributed by atoms with Crippen molar-refractivity contribution in [1.29, 1.82) is 0 Å². The summed E-state index contributed by atoms with van der Waals surface area (Å²) in [6.45, 7) is 9.95. The lowest BCUT2D eigenvalue weighted by atomic mass is 9.78. The van der Waals surface area contributed by atoms with Crippen LogP contribution in [0.3, 0.4) is 0 Å². The largest absolute Gasteiger partial charge is 0.355 e. The quantitative estimate of drug-likeness (QED) is 0.711. The van der Waals surface area contributed by atoms with E-state index in [-0.39, 0.29) is 0 Å². The van der Waals surface area contributed by atoms with Crippen LogP contribution in [0.4, 0.5) is 11.8 Å². The maximum Gasteiger partial charge on any atom is 0.230 e. The molecule has 0 saturated heterocycles. The van der Waals surface area contributed by atoms with E-state index >= 15 is 0 Å². The highest BCUT2D eigenvalue weighted by atomic mass is 15.4. The van der Waals surface area contributed by atoms with Gasteiger partial charge in [-0.1, -0.05) is 20.4 Å². The fourth-order valence-electron chi connectivity index (χ4n) is 5.88. The number of hydrogen-bond acceptors (Lipinski definition) is 6. The van der Waals surface area contributed by atoms with Crippen LogP contribution in [0.2, 0.25) is 0 Å². The Morgan fingerprint density at radius 2 is 2.09 bits per heavy atom. The molecule has 8 nitrogen and oxygen atoms in total. The summed E-state index contributed by atoms with van der Waals surface area (Å²) >= 11 is 0. The molecule has 4 aliphatic rings. The van der Waals surface area contributed by atoms with Crippen molar-refractivity contribution in [3.63, 3.8) is 0 Å². The lowest BCUT2D eigenvalue weighted by Crippen LogP contribution is -2.33. The topological polar surface area (TPSA) is 76.2 Å². The lowest BCUT2D eigenvalue weighted by molar-refractivity contribution is 0.381. The monoisotopic (exact) mass is 458 g/mol. The van der Waals surface area contributed by atoms with E-state index in [0.29, 0.717) is 12.0 Å². The first-order valence-corrected chi connectivity index (χ1v) is 12.5. The zero-order valence-electron chi connectivity index (χ0n) is 20.7. The van der Waals surface area contributed by atoms with Crippen LogP contribution in [0.15, 0.2) is 52.1 Å². The Bertz CT molecular complexity index is 1260. The van der Waals surface area contributed by atoms with Crippen LogP contribution in [-0.4, -0.2) is 48.7 Å². The summed E-state index contributed by atoms with van der Waals surface area (Å²) in [6, 6.07) is 2.38. The van der Waals surface area contributed by atoms with Gasteiger partial charge < -0.3 is 10.2 Å². The van der Waals surface area contributed by atoms with Crippen molar-refractivity contribution in [3.8, 4) is 0 Å². The lowest BCUT2D eigenvalue weighted by Gasteiger charge is -2.39. The molecule has 0 bridgehead atoms. The van der Waals surface area contributed by atoms with Gasteiger partial charge in [0.05, 0.1) is 5.69 Å². The molecule has 2 aliphatic carbocycles. The van der Waals surface area contributed by atoms with Crippen molar-refractivity contribution in [1.82, 2.24) is 29.4 Å². The highest BCUT2D eigenvalue weighted by Gasteiger charge is 2.41. The fourth-order valence-corrected chi connectivity index (χ4v) is 5.88. The Morgan fingerprint density at radius 1 is 1.26 bits per heavy atom. The molecule has 0 amide bonds. The molecule has 2 aromatic rings. The highest BCUT2D eigenvalue weighted by Crippen LogP contribution is 2.48. The van der Waals surface area contributed by atoms with Crippen molar-refractivity contribution < 1.29 is 0 Å². The second-order valence-corrected chi connectivity index (χ2v) is 10.4. The van der Waals surface area contributed by atoms with Gasteiger partial charge in [0.15, 0.2) is 0 Å². The maximum atomic E-state index is 5.19. The van der Waals surface area contributed by atoms with Crippen molar-refractivity contribution in [3.05, 3.63) is 52.8 Å². The molecule has 1 unspecified atom stereocenters. The maximum absolute atomic E-state index is 5.19. The van der Waals surface area contributed by atoms with E-state index in [0.717, 1.165) is 67.8 Å². The summed E-state index contributed by atoms with van der Waals surface area (Å²) in [7, 11) is 4.14. The molecule has 178 valence electrons. The second kappa shape index (κ2) is 7.96. The van der Waals surface area contributed by atoms with Gasteiger partial charge in [0.2, 0.25) is 5.95 Å². The molecule has 4 heterocycles. The van der Waals surface area contributed by atoms with Gasteiger partial charge in [-0.2, -0.15) is 5.10 Å². The smallest absolute Gasteiger partial charge is 0.230 e. The number of aryl methyl sites for hydroxylation is 2. The number of nitrogens with one attached hydrogen (secondary N) is 1. The van der Waals surface area contributed by atoms with Crippen LogP contribution in [0.25, 0.3) is 0 Å². The minimum absolute atomic E-state index is 0.300. The van der Waals surface area contributed by atoms with Crippen molar-refractivity contribution in [2.24, 2.45) is 23.9 Å². The van der Waals surface area contributed by atoms with Gasteiger partial charge in [0, 0.05) is 56.4 Å². The number of likely N-dealkylation sites (N-methyl/N-ethyl adjacent to an activating group) is 1. The van der Waals surface area contributed by atoms with Gasteiger partial charge in [0.1, 0.15) is 18.0 Å². The molecule has 1 saturated carbocycles. The molecular formula is C26H34N8. The molecule has 2 aromatic heterocycles. The van der Waals surface area contributed by atoms with E-state index in [9.17, 15) is 0 Å². The van der Waals surface area contributed by atoms with E-state index in [2.05, 4.69) is 63.6 Å². The van der Waals surface area contributed by atoms with E-state index < -0.39 is 0 Å². The molecule has 1 fully saturated rings. The number of aromatic nitrogens is 5. The molecular weight excluding hydrogens is 424 g/mol. The first-order valence-electron chi connectivity index (χ1n) is 12.5. The first kappa shape index (κ1) is 21.4. The molecule has 2 aliphatic heterocycles. The van der Waals surface area contributed by atoms with Crippen LogP contribution >= 0.6 is 0 Å². The van der Waals surface area contributed by atoms with E-state index in [1.807, 2.05) is 18.1 Å². The molecule has 6 rings (SSSR count). The standard InChI is InChI=1S/C26H34N8/c1-6-18-11-23(33(5)31-18)29-26-30-27-14-34(26)19-8-7-17-13-32(4)25-24(21(17)12-19)16(3)10-22(28-25)20-9-15(20)2/h11,14-15,19-20H,3,6-10,12-13H2,1-2,4-5H3,(H,29,30)/t15?,19-,20-/m0/s1. The fraction of sp³-hybridized carbons (Fsp3) is 0.538. The number of allylic oxidation sites excluding steroid dienone is 3. The normalized spacial score (nSPS) is 26.5. The number of nitrogens with zero attached hydrogens (tertiary/aromatic N) is 7. The van der Waals surface area contributed by atoms with E-state index in [1.165, 1.54) is 28.9 Å². The van der Waals surface area contributed by atoms with Gasteiger partial charge in [0.25, 0.3) is 0 Å². The second-order valence-electron chi connectivity index (χ2n) is 10.4. The number of rotatable bonds is 5. The molecule has 34 heavy (non-hydrogen) atoms. The summed E-state index contributed by atoms with van der Waals surface area (Å²) in [4.78, 5) is 7.53. The first-order chi connectivity index (χ1) is 16.4. The molecule has 1 N–H and O–H groups in total. The van der Waals surface area contributed by atoms with Crippen molar-refractivity contribution in [2.75, 3.05) is 18.9 Å². The minimum atomic E-state index is 0.300. The Balaban J connectivity index is 1.29. The van der Waals surface area contributed by atoms with Gasteiger partial charge in [-0.3, -0.25) is 9.25 Å². The molecule has 8 heteroatoms. The van der Waals surface area contributed by atoms with Crippen molar-refractivity contribution in [2.45, 2.75) is 58.4 Å². The zero-order chi connectivity index (χ0) is 23.6. The average molecular weight is 459 g/mol. The SMILES string of the molecule is C=C1CC([C@H]2CC2C)=NC2=C1C1=C(CC[C@H](n3cnnc3Nc3cc(CC)nn3C)C1)CN2C. The van der Waals surface area contributed by atoms with E-state index in [1.54, 1.807) is 5.57 Å². The third-order valence-electron chi connectivity index (χ3n) is 7.99. The van der Waals surface area contributed by atoms with Gasteiger partial charge >= 0.3 is 0 Å². The summed E-state index contributed by atoms with van der Waals surface area (Å²) in [5.41, 5.74) is 7.93. The molecule has 0 spiro atoms. The number of hydrogen-bond donors (Lipinski definition) is 1. The number of anilines is 2. The van der Waals surface area contributed by atoms with Crippen LogP contribution in [0.1, 0.15) is 57.7 Å². The van der Waals surface area contributed by atoms with Crippen LogP contribution < -0.4 is 5.32 Å². The summed E-state index contributed by atoms with van der Waals surface area (Å²) < 4.78 is 4.07. The van der Waals surface area contributed by atoms with Gasteiger partial charge in [-0.05, 0) is 54.7 Å². The Labute approximate surface area is 201 Å². The Kier molecular flexibility index (Phi) is 5.00. The molecule has 0 radical (unpaired) electrons.